The summed E-state index contributed by atoms with van der Waals surface area (Å²) >= 11 is 0. The minimum absolute atomic E-state index is 0.0194. The molecule has 0 aliphatic carbocycles. The van der Waals surface area contributed by atoms with Gasteiger partial charge in [0.25, 0.3) is 0 Å². The van der Waals surface area contributed by atoms with Crippen LogP contribution in [0.15, 0.2) is 48.2 Å². The monoisotopic (exact) mass is 504 g/mol. The largest absolute Gasteiger partial charge is 0.493 e. The molecule has 35 heavy (non-hydrogen) atoms. The van der Waals surface area contributed by atoms with Crippen molar-refractivity contribution in [3.8, 4) is 11.5 Å². The fourth-order valence-electron chi connectivity index (χ4n) is 3.39. The summed E-state index contributed by atoms with van der Waals surface area (Å²) in [5, 5.41) is 9.20. The van der Waals surface area contributed by atoms with Gasteiger partial charge in [-0.1, -0.05) is 51.0 Å². The number of carbonyl (C=O) groups is 1. The third kappa shape index (κ3) is 10.0. The first kappa shape index (κ1) is 28.2. The average molecular weight is 505 g/mol. The van der Waals surface area contributed by atoms with Gasteiger partial charge in [0.2, 0.25) is 5.76 Å². The predicted octanol–water partition coefficient (Wildman–Crippen LogP) is 5.62. The molecule has 0 aliphatic heterocycles. The van der Waals surface area contributed by atoms with Crippen LogP contribution in [0.1, 0.15) is 62.6 Å². The van der Waals surface area contributed by atoms with Gasteiger partial charge in [-0.25, -0.2) is 4.79 Å². The van der Waals surface area contributed by atoms with E-state index in [1.54, 1.807) is 12.1 Å². The van der Waals surface area contributed by atoms with E-state index in [2.05, 4.69) is 6.92 Å². The number of methoxy groups -OCH3 is 1. The Morgan fingerprint density at radius 1 is 0.971 bits per heavy atom. The van der Waals surface area contributed by atoms with Crippen molar-refractivity contribution in [2.24, 2.45) is 0 Å². The maximum absolute atomic E-state index is 12.0. The number of carboxylic acids is 1. The van der Waals surface area contributed by atoms with Crippen LogP contribution in [0.3, 0.4) is 0 Å². The lowest BCUT2D eigenvalue weighted by Crippen LogP contribution is -2.13. The SMILES string of the molecule is CCCCOc1cc(/C=C(/OC)C(=O)O)ccc1CCCc1ccc(OS(=O)(=O)CCCC)cc1. The highest BCUT2D eigenvalue weighted by Gasteiger charge is 2.12. The summed E-state index contributed by atoms with van der Waals surface area (Å²) < 4.78 is 40.0. The summed E-state index contributed by atoms with van der Waals surface area (Å²) in [6, 6.07) is 12.8. The molecule has 0 bridgehead atoms. The van der Waals surface area contributed by atoms with Crippen molar-refractivity contribution in [1.82, 2.24) is 0 Å². The fraction of sp³-hybridized carbons (Fsp3) is 0.444. The number of hydrogen-bond donors (Lipinski definition) is 1. The third-order valence-electron chi connectivity index (χ3n) is 5.38. The zero-order chi connectivity index (χ0) is 25.7. The Kier molecular flexibility index (Phi) is 11.6. The van der Waals surface area contributed by atoms with E-state index in [9.17, 15) is 18.3 Å². The van der Waals surface area contributed by atoms with Crippen LogP contribution in [0.2, 0.25) is 0 Å². The molecule has 0 spiro atoms. The third-order valence-corrected chi connectivity index (χ3v) is 6.62. The Bertz CT molecular complexity index is 1070. The Hall–Kier alpha value is -3.00. The number of benzene rings is 2. The number of hydrogen-bond acceptors (Lipinski definition) is 6. The second-order valence-electron chi connectivity index (χ2n) is 8.28. The van der Waals surface area contributed by atoms with Crippen molar-refractivity contribution >= 4 is 22.2 Å². The first-order valence-corrected chi connectivity index (χ1v) is 13.6. The van der Waals surface area contributed by atoms with Gasteiger partial charge in [-0.15, -0.1) is 0 Å². The van der Waals surface area contributed by atoms with Crippen LogP contribution in [0, 0.1) is 0 Å². The van der Waals surface area contributed by atoms with E-state index < -0.39 is 16.1 Å². The molecule has 1 N–H and O–H groups in total. The summed E-state index contributed by atoms with van der Waals surface area (Å²) in [7, 11) is -2.22. The molecule has 0 amide bonds. The molecular formula is C27H36O7S. The summed E-state index contributed by atoms with van der Waals surface area (Å²) in [6.45, 7) is 4.63. The first-order valence-electron chi connectivity index (χ1n) is 12.0. The second kappa shape index (κ2) is 14.4. The lowest BCUT2D eigenvalue weighted by Gasteiger charge is -2.13. The van der Waals surface area contributed by atoms with E-state index in [1.807, 2.05) is 37.3 Å². The normalized spacial score (nSPS) is 11.8. The van der Waals surface area contributed by atoms with E-state index in [0.717, 1.165) is 55.4 Å². The number of aliphatic carboxylic acids is 1. The molecule has 0 aliphatic rings. The van der Waals surface area contributed by atoms with E-state index in [0.29, 0.717) is 24.3 Å². The lowest BCUT2D eigenvalue weighted by molar-refractivity contribution is -0.135. The second-order valence-corrected chi connectivity index (χ2v) is 9.97. The molecule has 0 saturated carbocycles. The molecule has 0 aromatic heterocycles. The molecule has 2 aromatic rings. The average Bonchev–Trinajstić information content (AvgIpc) is 2.83. The minimum Gasteiger partial charge on any atom is -0.493 e. The van der Waals surface area contributed by atoms with E-state index in [1.165, 1.54) is 13.2 Å². The number of carboxylic acid groups (broad SMARTS) is 1. The predicted molar refractivity (Wildman–Crippen MR) is 137 cm³/mol. The summed E-state index contributed by atoms with van der Waals surface area (Å²) in [6.07, 6.45) is 7.26. The fourth-order valence-corrected chi connectivity index (χ4v) is 4.52. The summed E-state index contributed by atoms with van der Waals surface area (Å²) in [5.74, 6) is -0.167. The van der Waals surface area contributed by atoms with Gasteiger partial charge in [0.05, 0.1) is 19.5 Å². The lowest BCUT2D eigenvalue weighted by atomic mass is 10.0. The maximum Gasteiger partial charge on any atom is 0.371 e. The first-order chi connectivity index (χ1) is 16.8. The Balaban J connectivity index is 2.03. The molecule has 0 atom stereocenters. The van der Waals surface area contributed by atoms with Gasteiger partial charge < -0.3 is 18.8 Å². The van der Waals surface area contributed by atoms with Crippen LogP contribution < -0.4 is 8.92 Å². The zero-order valence-electron chi connectivity index (χ0n) is 20.8. The zero-order valence-corrected chi connectivity index (χ0v) is 21.6. The molecular weight excluding hydrogens is 468 g/mol. The smallest absolute Gasteiger partial charge is 0.371 e. The standard InChI is InChI=1S/C27H36O7S/c1-4-6-17-33-25-19-22(20-26(32-3)27(28)29)11-14-23(25)10-8-9-21-12-15-24(16-13-21)34-35(30,31)18-7-5-2/h11-16,19-20H,4-10,17-18H2,1-3H3,(H,28,29)/b26-20+. The van der Waals surface area contributed by atoms with Crippen LogP contribution in [0.5, 0.6) is 11.5 Å². The molecule has 2 aromatic carbocycles. The molecule has 0 unspecified atom stereocenters. The number of ether oxygens (including phenoxy) is 2. The van der Waals surface area contributed by atoms with E-state index >= 15 is 0 Å². The highest BCUT2D eigenvalue weighted by Crippen LogP contribution is 2.25. The highest BCUT2D eigenvalue weighted by atomic mass is 32.2. The van der Waals surface area contributed by atoms with Crippen molar-refractivity contribution in [1.29, 1.82) is 0 Å². The highest BCUT2D eigenvalue weighted by molar-refractivity contribution is 7.87. The Morgan fingerprint density at radius 2 is 1.69 bits per heavy atom. The molecule has 7 nitrogen and oxygen atoms in total. The Morgan fingerprint density at radius 3 is 2.31 bits per heavy atom. The van der Waals surface area contributed by atoms with Gasteiger partial charge in [-0.3, -0.25) is 0 Å². The summed E-state index contributed by atoms with van der Waals surface area (Å²) in [5.41, 5.74) is 2.83. The molecule has 2 rings (SSSR count). The quantitative estimate of drug-likeness (QED) is 0.137. The maximum atomic E-state index is 12.0. The van der Waals surface area contributed by atoms with Gasteiger partial charge in [-0.05, 0) is 73.1 Å². The molecule has 0 fully saturated rings. The molecule has 0 saturated heterocycles. The number of unbranched alkanes of at least 4 members (excludes halogenated alkanes) is 2. The van der Waals surface area contributed by atoms with Gasteiger partial charge in [-0.2, -0.15) is 8.42 Å². The van der Waals surface area contributed by atoms with E-state index in [4.69, 9.17) is 13.7 Å². The van der Waals surface area contributed by atoms with Crippen molar-refractivity contribution in [2.75, 3.05) is 19.5 Å². The summed E-state index contributed by atoms with van der Waals surface area (Å²) in [4.78, 5) is 11.2. The molecule has 8 heteroatoms. The van der Waals surface area contributed by atoms with Gasteiger partial charge >= 0.3 is 16.1 Å². The van der Waals surface area contributed by atoms with Crippen LogP contribution in [0.4, 0.5) is 0 Å². The van der Waals surface area contributed by atoms with Gasteiger partial charge in [0, 0.05) is 0 Å². The van der Waals surface area contributed by atoms with E-state index in [-0.39, 0.29) is 11.5 Å². The van der Waals surface area contributed by atoms with Gasteiger partial charge in [0.15, 0.2) is 0 Å². The van der Waals surface area contributed by atoms with Crippen molar-refractivity contribution in [2.45, 2.75) is 58.8 Å². The van der Waals surface area contributed by atoms with Gasteiger partial charge in [0.1, 0.15) is 11.5 Å². The minimum atomic E-state index is -3.55. The van der Waals surface area contributed by atoms with Crippen LogP contribution in [0.25, 0.3) is 6.08 Å². The van der Waals surface area contributed by atoms with Crippen LogP contribution in [-0.4, -0.2) is 39.0 Å². The molecule has 0 radical (unpaired) electrons. The molecule has 192 valence electrons. The van der Waals surface area contributed by atoms with Crippen molar-refractivity contribution in [3.05, 3.63) is 64.9 Å². The van der Waals surface area contributed by atoms with Crippen LogP contribution >= 0.6 is 0 Å². The van der Waals surface area contributed by atoms with Crippen molar-refractivity contribution < 1.29 is 32.0 Å². The van der Waals surface area contributed by atoms with Crippen LogP contribution in [-0.2, 0) is 32.5 Å². The number of rotatable bonds is 16. The molecule has 0 heterocycles. The number of aryl methyl sites for hydroxylation is 2. The topological polar surface area (TPSA) is 99.1 Å². The Labute approximate surface area is 208 Å². The van der Waals surface area contributed by atoms with Crippen molar-refractivity contribution in [3.63, 3.8) is 0 Å².